The zero-order valence-corrected chi connectivity index (χ0v) is 11.2. The first-order valence-corrected chi connectivity index (χ1v) is 6.68. The molecule has 3 rings (SSSR count). The van der Waals surface area contributed by atoms with Gasteiger partial charge in [-0.2, -0.15) is 0 Å². The van der Waals surface area contributed by atoms with Gasteiger partial charge in [-0.25, -0.2) is 0 Å². The molecule has 20 heavy (non-hydrogen) atoms. The predicted octanol–water partition coefficient (Wildman–Crippen LogP) is 4.87. The van der Waals surface area contributed by atoms with Crippen molar-refractivity contribution >= 4 is 5.57 Å². The molecule has 2 aromatic rings. The maximum Gasteiger partial charge on any atom is 0.120 e. The summed E-state index contributed by atoms with van der Waals surface area (Å²) in [5, 5.41) is 10.3. The first-order chi connectivity index (χ1) is 9.77. The van der Waals surface area contributed by atoms with Gasteiger partial charge in [-0.1, -0.05) is 73.3 Å². The van der Waals surface area contributed by atoms with Crippen molar-refractivity contribution in [3.05, 3.63) is 102 Å². The molecule has 1 N–H and O–H groups in total. The summed E-state index contributed by atoms with van der Waals surface area (Å²) in [5.41, 5.74) is 4.09. The molecule has 0 saturated carbocycles. The van der Waals surface area contributed by atoms with E-state index in [1.807, 2.05) is 54.6 Å². The molecule has 0 spiro atoms. The molecule has 0 fully saturated rings. The quantitative estimate of drug-likeness (QED) is 0.817. The van der Waals surface area contributed by atoms with Crippen LogP contribution in [0.3, 0.4) is 0 Å². The van der Waals surface area contributed by atoms with Crippen molar-refractivity contribution in [3.8, 4) is 0 Å². The summed E-state index contributed by atoms with van der Waals surface area (Å²) < 4.78 is 0. The Morgan fingerprint density at radius 1 is 0.800 bits per heavy atom. The van der Waals surface area contributed by atoms with Crippen LogP contribution in [0, 0.1) is 0 Å². The Bertz CT molecular complexity index is 678. The van der Waals surface area contributed by atoms with E-state index in [1.54, 1.807) is 6.08 Å². The summed E-state index contributed by atoms with van der Waals surface area (Å²) in [6.45, 7) is 4.15. The van der Waals surface area contributed by atoms with E-state index in [2.05, 4.69) is 18.7 Å². The van der Waals surface area contributed by atoms with Gasteiger partial charge in [0.15, 0.2) is 0 Å². The molecule has 1 unspecified atom stereocenters. The largest absolute Gasteiger partial charge is 0.508 e. The van der Waals surface area contributed by atoms with E-state index in [1.165, 1.54) is 0 Å². The maximum absolute atomic E-state index is 10.3. The van der Waals surface area contributed by atoms with Crippen LogP contribution < -0.4 is 0 Å². The highest BCUT2D eigenvalue weighted by molar-refractivity contribution is 5.80. The standard InChI is InChI=1S/C19H16O/c1-14-12-13-17(20)19(16-10-6-3-7-11-16)18(14)15-8-4-2-5-9-15/h2-13,18,20H,1H2. The lowest BCUT2D eigenvalue weighted by atomic mass is 9.78. The lowest BCUT2D eigenvalue weighted by Crippen LogP contribution is -2.09. The highest BCUT2D eigenvalue weighted by atomic mass is 16.3. The van der Waals surface area contributed by atoms with Crippen LogP contribution in [0.1, 0.15) is 17.0 Å². The normalized spacial score (nSPS) is 18.4. The van der Waals surface area contributed by atoms with Crippen LogP contribution in [0.25, 0.3) is 5.57 Å². The molecule has 1 aliphatic carbocycles. The predicted molar refractivity (Wildman–Crippen MR) is 83.5 cm³/mol. The van der Waals surface area contributed by atoms with E-state index in [9.17, 15) is 5.11 Å². The molecular weight excluding hydrogens is 244 g/mol. The van der Waals surface area contributed by atoms with E-state index < -0.39 is 0 Å². The van der Waals surface area contributed by atoms with E-state index >= 15 is 0 Å². The van der Waals surface area contributed by atoms with Gasteiger partial charge in [0.05, 0.1) is 0 Å². The lowest BCUT2D eigenvalue weighted by Gasteiger charge is -2.25. The number of aliphatic hydroxyl groups is 1. The lowest BCUT2D eigenvalue weighted by molar-refractivity contribution is 0.431. The van der Waals surface area contributed by atoms with Crippen molar-refractivity contribution in [2.24, 2.45) is 0 Å². The molecule has 0 bridgehead atoms. The number of hydrogen-bond donors (Lipinski definition) is 1. The SMILES string of the molecule is C=C1C=CC(O)=C(c2ccccc2)C1c1ccccc1. The Labute approximate surface area is 119 Å². The summed E-state index contributed by atoms with van der Waals surface area (Å²) in [7, 11) is 0. The molecule has 1 atom stereocenters. The monoisotopic (exact) mass is 260 g/mol. The Morgan fingerprint density at radius 2 is 1.40 bits per heavy atom. The fourth-order valence-electron chi connectivity index (χ4n) is 2.66. The van der Waals surface area contributed by atoms with Crippen molar-refractivity contribution in [1.29, 1.82) is 0 Å². The fourth-order valence-corrected chi connectivity index (χ4v) is 2.66. The van der Waals surface area contributed by atoms with Crippen molar-refractivity contribution < 1.29 is 5.11 Å². The molecule has 0 amide bonds. The minimum atomic E-state index is 0.00333. The Kier molecular flexibility index (Phi) is 3.26. The van der Waals surface area contributed by atoms with Gasteiger partial charge in [-0.05, 0) is 22.8 Å². The van der Waals surface area contributed by atoms with Crippen LogP contribution >= 0.6 is 0 Å². The van der Waals surface area contributed by atoms with Gasteiger partial charge in [0.2, 0.25) is 0 Å². The molecule has 0 saturated heterocycles. The van der Waals surface area contributed by atoms with Crippen molar-refractivity contribution in [2.75, 3.05) is 0 Å². The smallest absolute Gasteiger partial charge is 0.120 e. The molecule has 0 aromatic heterocycles. The van der Waals surface area contributed by atoms with Gasteiger partial charge in [-0.3, -0.25) is 0 Å². The molecule has 0 heterocycles. The number of aliphatic hydroxyl groups excluding tert-OH is 1. The molecule has 1 heteroatoms. The molecule has 2 aromatic carbocycles. The van der Waals surface area contributed by atoms with Crippen LogP contribution in [0.15, 0.2) is 90.7 Å². The first kappa shape index (κ1) is 12.5. The highest BCUT2D eigenvalue weighted by Gasteiger charge is 2.25. The average molecular weight is 260 g/mol. The second-order valence-electron chi connectivity index (χ2n) is 4.92. The van der Waals surface area contributed by atoms with Gasteiger partial charge in [0.1, 0.15) is 5.76 Å². The Balaban J connectivity index is 2.16. The topological polar surface area (TPSA) is 20.2 Å². The number of hydrogen-bond acceptors (Lipinski definition) is 1. The summed E-state index contributed by atoms with van der Waals surface area (Å²) in [5.74, 6) is 0.320. The molecule has 0 aliphatic heterocycles. The zero-order chi connectivity index (χ0) is 13.9. The van der Waals surface area contributed by atoms with E-state index in [-0.39, 0.29) is 5.92 Å². The van der Waals surface area contributed by atoms with Crippen LogP contribution in [0.5, 0.6) is 0 Å². The van der Waals surface area contributed by atoms with E-state index in [4.69, 9.17) is 0 Å². The van der Waals surface area contributed by atoms with Crippen LogP contribution in [0.2, 0.25) is 0 Å². The minimum absolute atomic E-state index is 0.00333. The number of allylic oxidation sites excluding steroid dienone is 4. The van der Waals surface area contributed by atoms with Crippen LogP contribution in [-0.2, 0) is 0 Å². The molecule has 0 radical (unpaired) electrons. The minimum Gasteiger partial charge on any atom is -0.508 e. The zero-order valence-electron chi connectivity index (χ0n) is 11.2. The summed E-state index contributed by atoms with van der Waals surface area (Å²) >= 11 is 0. The molecule has 98 valence electrons. The first-order valence-electron chi connectivity index (χ1n) is 6.68. The van der Waals surface area contributed by atoms with Crippen molar-refractivity contribution in [3.63, 3.8) is 0 Å². The van der Waals surface area contributed by atoms with Gasteiger partial charge in [-0.15, -0.1) is 0 Å². The summed E-state index contributed by atoms with van der Waals surface area (Å²) in [4.78, 5) is 0. The van der Waals surface area contributed by atoms with Gasteiger partial charge in [0, 0.05) is 11.5 Å². The van der Waals surface area contributed by atoms with Crippen molar-refractivity contribution in [2.45, 2.75) is 5.92 Å². The Morgan fingerprint density at radius 3 is 2.05 bits per heavy atom. The van der Waals surface area contributed by atoms with Gasteiger partial charge in [0.25, 0.3) is 0 Å². The summed E-state index contributed by atoms with van der Waals surface area (Å²) in [6.07, 6.45) is 3.61. The third kappa shape index (κ3) is 2.19. The van der Waals surface area contributed by atoms with Crippen LogP contribution in [-0.4, -0.2) is 5.11 Å². The van der Waals surface area contributed by atoms with Crippen molar-refractivity contribution in [1.82, 2.24) is 0 Å². The number of benzene rings is 2. The van der Waals surface area contributed by atoms with Crippen LogP contribution in [0.4, 0.5) is 0 Å². The third-order valence-electron chi connectivity index (χ3n) is 3.61. The molecule has 1 aliphatic rings. The number of rotatable bonds is 2. The highest BCUT2D eigenvalue weighted by Crippen LogP contribution is 2.42. The Hall–Kier alpha value is -2.54. The van der Waals surface area contributed by atoms with Gasteiger partial charge < -0.3 is 5.11 Å². The third-order valence-corrected chi connectivity index (χ3v) is 3.61. The van der Waals surface area contributed by atoms with E-state index in [0.29, 0.717) is 5.76 Å². The van der Waals surface area contributed by atoms with E-state index in [0.717, 1.165) is 22.3 Å². The second kappa shape index (κ2) is 5.22. The molecular formula is C19H16O. The maximum atomic E-state index is 10.3. The molecule has 1 nitrogen and oxygen atoms in total. The average Bonchev–Trinajstić information content (AvgIpc) is 2.51. The summed E-state index contributed by atoms with van der Waals surface area (Å²) in [6, 6.07) is 20.2. The van der Waals surface area contributed by atoms with Gasteiger partial charge >= 0.3 is 0 Å². The second-order valence-corrected chi connectivity index (χ2v) is 4.92. The fraction of sp³-hybridized carbons (Fsp3) is 0.0526.